The monoisotopic (exact) mass is 599 g/mol. The standard InChI is InChI=1S/C24H12BrF6N3O4/c25-18-9-13(8-14(12-32)22(35)33-17-3-1-2-15(10-17)23(26,27)28)4-6-20(18)38-21-7-5-16(24(29,30)31)11-19(21)34(36)37/h1-11H,(H,33,35)/b14-8+. The molecule has 1 amide bonds. The number of amides is 1. The molecule has 0 heterocycles. The Balaban J connectivity index is 1.83. The van der Waals surface area contributed by atoms with Gasteiger partial charge in [0.15, 0.2) is 0 Å². The number of carbonyl (C=O) groups is 1. The molecule has 38 heavy (non-hydrogen) atoms. The SMILES string of the molecule is N#C/C(=C\c1ccc(Oc2ccc(C(F)(F)F)cc2[N+](=O)[O-])c(Br)c1)C(=O)Nc1cccc(C(F)(F)F)c1. The summed E-state index contributed by atoms with van der Waals surface area (Å²) >= 11 is 3.15. The summed E-state index contributed by atoms with van der Waals surface area (Å²) in [4.78, 5) is 22.7. The highest BCUT2D eigenvalue weighted by Gasteiger charge is 2.33. The second-order valence-corrected chi connectivity index (χ2v) is 8.29. The number of nitrogens with one attached hydrogen (secondary N) is 1. The fourth-order valence-corrected chi connectivity index (χ4v) is 3.50. The largest absolute Gasteiger partial charge is 0.449 e. The lowest BCUT2D eigenvalue weighted by molar-refractivity contribution is -0.385. The van der Waals surface area contributed by atoms with Crippen molar-refractivity contribution in [2.45, 2.75) is 12.4 Å². The minimum absolute atomic E-state index is 0.0306. The second-order valence-electron chi connectivity index (χ2n) is 7.43. The molecule has 0 bridgehead atoms. The van der Waals surface area contributed by atoms with Crippen LogP contribution in [0.1, 0.15) is 16.7 Å². The number of benzene rings is 3. The van der Waals surface area contributed by atoms with Crippen LogP contribution >= 0.6 is 15.9 Å². The summed E-state index contributed by atoms with van der Waals surface area (Å²) in [6.45, 7) is 0. The summed E-state index contributed by atoms with van der Waals surface area (Å²) in [6, 6.07) is 11.2. The van der Waals surface area contributed by atoms with Crippen molar-refractivity contribution >= 4 is 39.3 Å². The third kappa shape index (κ3) is 6.88. The van der Waals surface area contributed by atoms with E-state index in [4.69, 9.17) is 4.74 Å². The number of alkyl halides is 6. The van der Waals surface area contributed by atoms with E-state index in [9.17, 15) is 46.5 Å². The molecule has 196 valence electrons. The first-order chi connectivity index (χ1) is 17.7. The first-order valence-corrected chi connectivity index (χ1v) is 10.9. The fraction of sp³-hybridized carbons (Fsp3) is 0.0833. The molecule has 3 rings (SSSR count). The molecule has 0 aliphatic carbocycles. The molecular formula is C24H12BrF6N3O4. The Morgan fingerprint density at radius 2 is 1.61 bits per heavy atom. The maximum atomic E-state index is 12.9. The molecule has 0 aromatic heterocycles. The maximum absolute atomic E-state index is 12.9. The van der Waals surface area contributed by atoms with Crippen molar-refractivity contribution in [1.29, 1.82) is 5.26 Å². The topological polar surface area (TPSA) is 105 Å². The Morgan fingerprint density at radius 1 is 0.974 bits per heavy atom. The third-order valence-electron chi connectivity index (χ3n) is 4.78. The van der Waals surface area contributed by atoms with Crippen molar-refractivity contribution in [2.75, 3.05) is 5.32 Å². The van der Waals surface area contributed by atoms with Gasteiger partial charge >= 0.3 is 18.0 Å². The Kier molecular flexibility index (Phi) is 8.11. The maximum Gasteiger partial charge on any atom is 0.416 e. The van der Waals surface area contributed by atoms with Gasteiger partial charge in [-0.1, -0.05) is 12.1 Å². The summed E-state index contributed by atoms with van der Waals surface area (Å²) in [5, 5.41) is 22.8. The van der Waals surface area contributed by atoms with E-state index < -0.39 is 51.3 Å². The number of nitro benzene ring substituents is 1. The molecule has 0 spiro atoms. The van der Waals surface area contributed by atoms with Crippen LogP contribution < -0.4 is 10.1 Å². The molecule has 3 aromatic carbocycles. The van der Waals surface area contributed by atoms with Gasteiger partial charge in [0.05, 0.1) is 20.5 Å². The minimum Gasteiger partial charge on any atom is -0.449 e. The van der Waals surface area contributed by atoms with E-state index in [0.717, 1.165) is 24.3 Å². The van der Waals surface area contributed by atoms with Gasteiger partial charge in [0.25, 0.3) is 5.91 Å². The number of hydrogen-bond donors (Lipinski definition) is 1. The molecule has 3 aromatic rings. The summed E-state index contributed by atoms with van der Waals surface area (Å²) in [7, 11) is 0. The number of hydrogen-bond acceptors (Lipinski definition) is 5. The Morgan fingerprint density at radius 3 is 2.18 bits per heavy atom. The normalized spacial score (nSPS) is 12.0. The van der Waals surface area contributed by atoms with E-state index in [1.54, 1.807) is 6.07 Å². The highest BCUT2D eigenvalue weighted by Crippen LogP contribution is 2.39. The van der Waals surface area contributed by atoms with Gasteiger partial charge in [0, 0.05) is 11.8 Å². The van der Waals surface area contributed by atoms with Gasteiger partial charge in [-0.3, -0.25) is 14.9 Å². The van der Waals surface area contributed by atoms with Crippen LogP contribution in [0.2, 0.25) is 0 Å². The van der Waals surface area contributed by atoms with E-state index in [1.807, 2.05) is 0 Å². The van der Waals surface area contributed by atoms with Crippen LogP contribution in [0.4, 0.5) is 37.7 Å². The lowest BCUT2D eigenvalue weighted by atomic mass is 10.1. The summed E-state index contributed by atoms with van der Waals surface area (Å²) < 4.78 is 82.9. The molecule has 7 nitrogen and oxygen atoms in total. The quantitative estimate of drug-likeness (QED) is 0.103. The zero-order valence-corrected chi connectivity index (χ0v) is 20.1. The van der Waals surface area contributed by atoms with Crippen molar-refractivity contribution < 1.29 is 40.8 Å². The van der Waals surface area contributed by atoms with Crippen LogP contribution in [0.25, 0.3) is 6.08 Å². The minimum atomic E-state index is -4.80. The van der Waals surface area contributed by atoms with Crippen molar-refractivity contribution in [3.05, 3.63) is 97.5 Å². The zero-order valence-electron chi connectivity index (χ0n) is 18.5. The number of halogens is 7. The second kappa shape index (κ2) is 10.9. The van der Waals surface area contributed by atoms with E-state index in [0.29, 0.717) is 18.2 Å². The summed E-state index contributed by atoms with van der Waals surface area (Å²) in [5.41, 5.74) is -3.54. The Hall–Kier alpha value is -4.38. The van der Waals surface area contributed by atoms with Crippen LogP contribution in [0.5, 0.6) is 11.5 Å². The first kappa shape index (κ1) is 28.2. The van der Waals surface area contributed by atoms with E-state index >= 15 is 0 Å². The highest BCUT2D eigenvalue weighted by molar-refractivity contribution is 9.10. The molecule has 0 saturated carbocycles. The Labute approximate surface area is 218 Å². The fourth-order valence-electron chi connectivity index (χ4n) is 3.02. The highest BCUT2D eigenvalue weighted by atomic mass is 79.9. The van der Waals surface area contributed by atoms with Gasteiger partial charge in [-0.05, 0) is 70.0 Å². The third-order valence-corrected chi connectivity index (χ3v) is 5.40. The van der Waals surface area contributed by atoms with Crippen molar-refractivity contribution in [3.63, 3.8) is 0 Å². The number of nitrogens with zero attached hydrogens (tertiary/aromatic N) is 2. The molecule has 0 unspecified atom stereocenters. The van der Waals surface area contributed by atoms with Crippen LogP contribution in [0.3, 0.4) is 0 Å². The van der Waals surface area contributed by atoms with Gasteiger partial charge in [0.2, 0.25) is 5.75 Å². The predicted molar refractivity (Wildman–Crippen MR) is 126 cm³/mol. The molecule has 0 aliphatic rings. The number of nitro groups is 1. The van der Waals surface area contributed by atoms with Crippen molar-refractivity contribution in [2.24, 2.45) is 0 Å². The lowest BCUT2D eigenvalue weighted by Gasteiger charge is -2.11. The average molecular weight is 600 g/mol. The molecule has 0 aliphatic heterocycles. The molecular weight excluding hydrogens is 588 g/mol. The average Bonchev–Trinajstić information content (AvgIpc) is 2.83. The van der Waals surface area contributed by atoms with Gasteiger partial charge in [-0.15, -0.1) is 0 Å². The smallest absolute Gasteiger partial charge is 0.416 e. The van der Waals surface area contributed by atoms with Crippen LogP contribution in [-0.2, 0) is 17.1 Å². The molecule has 1 N–H and O–H groups in total. The lowest BCUT2D eigenvalue weighted by Crippen LogP contribution is -2.14. The van der Waals surface area contributed by atoms with Gasteiger partial charge in [-0.25, -0.2) is 0 Å². The van der Waals surface area contributed by atoms with Crippen molar-refractivity contribution in [3.8, 4) is 17.6 Å². The number of rotatable bonds is 6. The predicted octanol–water partition coefficient (Wildman–Crippen LogP) is 7.73. The van der Waals surface area contributed by atoms with Crippen LogP contribution in [0, 0.1) is 21.4 Å². The van der Waals surface area contributed by atoms with Crippen molar-refractivity contribution in [1.82, 2.24) is 0 Å². The molecule has 14 heteroatoms. The van der Waals surface area contributed by atoms with E-state index in [1.165, 1.54) is 24.3 Å². The number of carbonyl (C=O) groups excluding carboxylic acids is 1. The van der Waals surface area contributed by atoms with Gasteiger partial charge in [-0.2, -0.15) is 31.6 Å². The number of nitriles is 1. The van der Waals surface area contributed by atoms with Crippen LogP contribution in [-0.4, -0.2) is 10.8 Å². The van der Waals surface area contributed by atoms with Gasteiger partial charge < -0.3 is 10.1 Å². The zero-order chi connectivity index (χ0) is 28.3. The molecule has 0 fully saturated rings. The van der Waals surface area contributed by atoms with Crippen LogP contribution in [0.15, 0.2) is 70.7 Å². The molecule has 0 saturated heterocycles. The molecule has 0 radical (unpaired) electrons. The van der Waals surface area contributed by atoms with E-state index in [-0.39, 0.29) is 21.5 Å². The Bertz CT molecular complexity index is 1480. The number of anilines is 1. The number of ether oxygens (including phenoxy) is 1. The molecule has 0 atom stereocenters. The first-order valence-electron chi connectivity index (χ1n) is 10.1. The van der Waals surface area contributed by atoms with E-state index in [2.05, 4.69) is 21.2 Å². The van der Waals surface area contributed by atoms with Gasteiger partial charge in [0.1, 0.15) is 17.4 Å². The summed E-state index contributed by atoms with van der Waals surface area (Å²) in [6.07, 6.45) is -8.31. The summed E-state index contributed by atoms with van der Waals surface area (Å²) in [5.74, 6) is -1.48.